The predicted molar refractivity (Wildman–Crippen MR) is 101 cm³/mol. The largest absolute Gasteiger partial charge is 0.507 e. The molecule has 0 saturated carbocycles. The molecule has 1 heterocycles. The lowest BCUT2D eigenvalue weighted by Crippen LogP contribution is -2.18. The molecule has 0 aliphatic carbocycles. The summed E-state index contributed by atoms with van der Waals surface area (Å²) in [5.41, 5.74) is 7.14. The molecule has 0 fully saturated rings. The summed E-state index contributed by atoms with van der Waals surface area (Å²) in [5, 5.41) is 13.8. The first-order chi connectivity index (χ1) is 12.5. The van der Waals surface area contributed by atoms with E-state index in [0.29, 0.717) is 11.5 Å². The van der Waals surface area contributed by atoms with Gasteiger partial charge >= 0.3 is 0 Å². The van der Waals surface area contributed by atoms with Crippen molar-refractivity contribution in [1.82, 2.24) is 15.4 Å². The van der Waals surface area contributed by atoms with Crippen molar-refractivity contribution < 1.29 is 9.90 Å². The van der Waals surface area contributed by atoms with Gasteiger partial charge in [0.1, 0.15) is 17.3 Å². The number of benzene rings is 2. The van der Waals surface area contributed by atoms with Gasteiger partial charge in [-0.3, -0.25) is 4.79 Å². The second-order valence-corrected chi connectivity index (χ2v) is 6.16. The van der Waals surface area contributed by atoms with Crippen molar-refractivity contribution in [3.8, 4) is 17.1 Å². The predicted octanol–water partition coefficient (Wildman–Crippen LogP) is 3.47. The van der Waals surface area contributed by atoms with E-state index in [1.165, 1.54) is 12.4 Å². The standard InChI is InChI=1S/C20H20N4O2/c1-12-6-4-5-7-16(12)19-21-11-17(23-19)20(26)24-22-10-15-8-13(2)18(25)14(3)9-15/h4-11,25H,1-3H3,(H,21,23)(H,24,26)/b22-10+. The van der Waals surface area contributed by atoms with Gasteiger partial charge in [0.05, 0.1) is 12.4 Å². The number of aromatic amines is 1. The summed E-state index contributed by atoms with van der Waals surface area (Å²) in [6, 6.07) is 11.4. The highest BCUT2D eigenvalue weighted by molar-refractivity contribution is 5.93. The summed E-state index contributed by atoms with van der Waals surface area (Å²) in [7, 11) is 0. The first kappa shape index (κ1) is 17.4. The first-order valence-corrected chi connectivity index (χ1v) is 8.20. The number of phenols is 1. The number of hydrogen-bond acceptors (Lipinski definition) is 4. The molecular formula is C20H20N4O2. The van der Waals surface area contributed by atoms with E-state index in [2.05, 4.69) is 20.5 Å². The lowest BCUT2D eigenvalue weighted by molar-refractivity contribution is 0.0950. The first-order valence-electron chi connectivity index (χ1n) is 8.20. The number of imidazole rings is 1. The van der Waals surface area contributed by atoms with Crippen LogP contribution in [0.4, 0.5) is 0 Å². The van der Waals surface area contributed by atoms with E-state index < -0.39 is 0 Å². The van der Waals surface area contributed by atoms with Gasteiger partial charge in [-0.25, -0.2) is 10.4 Å². The summed E-state index contributed by atoms with van der Waals surface area (Å²) < 4.78 is 0. The van der Waals surface area contributed by atoms with Gasteiger partial charge in [0.2, 0.25) is 0 Å². The average Bonchev–Trinajstić information content (AvgIpc) is 3.10. The van der Waals surface area contributed by atoms with E-state index in [1.807, 2.05) is 45.0 Å². The van der Waals surface area contributed by atoms with E-state index in [9.17, 15) is 9.90 Å². The Morgan fingerprint density at radius 1 is 1.15 bits per heavy atom. The molecule has 0 atom stereocenters. The highest BCUT2D eigenvalue weighted by Gasteiger charge is 2.11. The number of nitrogens with one attached hydrogen (secondary N) is 2. The Bertz CT molecular complexity index is 966. The summed E-state index contributed by atoms with van der Waals surface area (Å²) in [6.07, 6.45) is 3.03. The molecule has 26 heavy (non-hydrogen) atoms. The number of nitrogens with zero attached hydrogens (tertiary/aromatic N) is 2. The van der Waals surface area contributed by atoms with Gasteiger partial charge in [-0.05, 0) is 55.2 Å². The van der Waals surface area contributed by atoms with Crippen LogP contribution in [0.1, 0.15) is 32.7 Å². The molecule has 0 bridgehead atoms. The average molecular weight is 348 g/mol. The molecule has 0 radical (unpaired) electrons. The zero-order valence-corrected chi connectivity index (χ0v) is 14.9. The van der Waals surface area contributed by atoms with Crippen molar-refractivity contribution in [2.75, 3.05) is 0 Å². The fraction of sp³-hybridized carbons (Fsp3) is 0.150. The smallest absolute Gasteiger partial charge is 0.289 e. The van der Waals surface area contributed by atoms with Crippen LogP contribution in [0.15, 0.2) is 47.7 Å². The molecule has 0 spiro atoms. The molecule has 0 unspecified atom stereocenters. The number of phenolic OH excluding ortho intramolecular Hbond substituents is 1. The van der Waals surface area contributed by atoms with Gasteiger partial charge in [0, 0.05) is 5.56 Å². The van der Waals surface area contributed by atoms with Crippen LogP contribution in [0.3, 0.4) is 0 Å². The van der Waals surface area contributed by atoms with Gasteiger partial charge in [-0.15, -0.1) is 0 Å². The Kier molecular flexibility index (Phi) is 4.84. The van der Waals surface area contributed by atoms with Gasteiger partial charge < -0.3 is 10.1 Å². The fourth-order valence-corrected chi connectivity index (χ4v) is 2.70. The number of aromatic hydroxyl groups is 1. The Labute approximate surface area is 151 Å². The van der Waals surface area contributed by atoms with Crippen molar-refractivity contribution >= 4 is 12.1 Å². The molecule has 1 amide bonds. The number of hydrazone groups is 1. The Morgan fingerprint density at radius 3 is 2.54 bits per heavy atom. The van der Waals surface area contributed by atoms with Crippen molar-refractivity contribution in [1.29, 1.82) is 0 Å². The van der Waals surface area contributed by atoms with E-state index in [0.717, 1.165) is 27.8 Å². The third-order valence-corrected chi connectivity index (χ3v) is 4.11. The molecule has 1 aromatic heterocycles. The molecule has 132 valence electrons. The second kappa shape index (κ2) is 7.23. The maximum absolute atomic E-state index is 12.2. The van der Waals surface area contributed by atoms with Crippen molar-refractivity contribution in [2.45, 2.75) is 20.8 Å². The quantitative estimate of drug-likeness (QED) is 0.498. The lowest BCUT2D eigenvalue weighted by Gasteiger charge is -2.04. The third kappa shape index (κ3) is 3.64. The number of carbonyl (C=O) groups excluding carboxylic acids is 1. The van der Waals surface area contributed by atoms with Crippen LogP contribution in [0.2, 0.25) is 0 Å². The minimum atomic E-state index is -0.374. The molecule has 2 aromatic carbocycles. The van der Waals surface area contributed by atoms with Gasteiger partial charge in [-0.2, -0.15) is 5.10 Å². The summed E-state index contributed by atoms with van der Waals surface area (Å²) in [5.74, 6) is 0.537. The van der Waals surface area contributed by atoms with Crippen LogP contribution in [-0.4, -0.2) is 27.2 Å². The third-order valence-electron chi connectivity index (χ3n) is 4.11. The number of amides is 1. The molecule has 6 nitrogen and oxygen atoms in total. The van der Waals surface area contributed by atoms with Gasteiger partial charge in [0.25, 0.3) is 5.91 Å². The van der Waals surface area contributed by atoms with Crippen LogP contribution >= 0.6 is 0 Å². The zero-order valence-electron chi connectivity index (χ0n) is 14.9. The minimum absolute atomic E-state index is 0.271. The molecule has 0 saturated heterocycles. The number of hydrogen-bond donors (Lipinski definition) is 3. The zero-order chi connectivity index (χ0) is 18.7. The van der Waals surface area contributed by atoms with E-state index in [1.54, 1.807) is 12.1 Å². The minimum Gasteiger partial charge on any atom is -0.507 e. The maximum atomic E-state index is 12.2. The molecule has 3 rings (SSSR count). The molecule has 0 aliphatic rings. The van der Waals surface area contributed by atoms with Crippen LogP contribution in [-0.2, 0) is 0 Å². The van der Waals surface area contributed by atoms with E-state index in [4.69, 9.17) is 0 Å². The number of aromatic nitrogens is 2. The lowest BCUT2D eigenvalue weighted by atomic mass is 10.1. The highest BCUT2D eigenvalue weighted by atomic mass is 16.3. The summed E-state index contributed by atoms with van der Waals surface area (Å²) in [6.45, 7) is 5.62. The fourth-order valence-electron chi connectivity index (χ4n) is 2.70. The topological polar surface area (TPSA) is 90.4 Å². The van der Waals surface area contributed by atoms with Crippen molar-refractivity contribution in [3.05, 3.63) is 70.5 Å². The molecule has 3 aromatic rings. The maximum Gasteiger partial charge on any atom is 0.289 e. The number of H-pyrrole nitrogens is 1. The van der Waals surface area contributed by atoms with E-state index >= 15 is 0 Å². The molecule has 0 aliphatic heterocycles. The number of aryl methyl sites for hydroxylation is 3. The summed E-state index contributed by atoms with van der Waals surface area (Å²) in [4.78, 5) is 19.5. The van der Waals surface area contributed by atoms with E-state index in [-0.39, 0.29) is 11.7 Å². The van der Waals surface area contributed by atoms with Crippen LogP contribution in [0.25, 0.3) is 11.4 Å². The Balaban J connectivity index is 1.70. The van der Waals surface area contributed by atoms with Gasteiger partial charge in [0.15, 0.2) is 0 Å². The Morgan fingerprint density at radius 2 is 1.85 bits per heavy atom. The number of carbonyl (C=O) groups is 1. The second-order valence-electron chi connectivity index (χ2n) is 6.16. The van der Waals surface area contributed by atoms with Crippen LogP contribution in [0.5, 0.6) is 5.75 Å². The molecule has 3 N–H and O–H groups in total. The van der Waals surface area contributed by atoms with Crippen LogP contribution in [0, 0.1) is 20.8 Å². The monoisotopic (exact) mass is 348 g/mol. The summed E-state index contributed by atoms with van der Waals surface area (Å²) >= 11 is 0. The molecular weight excluding hydrogens is 328 g/mol. The number of rotatable bonds is 4. The Hall–Kier alpha value is -3.41. The molecule has 6 heteroatoms. The SMILES string of the molecule is Cc1ccccc1-c1ncc(C(=O)N/N=C/c2cc(C)c(O)c(C)c2)[nH]1. The highest BCUT2D eigenvalue weighted by Crippen LogP contribution is 2.22. The van der Waals surface area contributed by atoms with Gasteiger partial charge in [-0.1, -0.05) is 24.3 Å². The normalized spacial score (nSPS) is 11.0. The van der Waals surface area contributed by atoms with Crippen LogP contribution < -0.4 is 5.43 Å². The van der Waals surface area contributed by atoms with Crippen molar-refractivity contribution in [3.63, 3.8) is 0 Å². The van der Waals surface area contributed by atoms with Crippen molar-refractivity contribution in [2.24, 2.45) is 5.10 Å².